The van der Waals surface area contributed by atoms with Crippen LogP contribution in [0.15, 0.2) is 72.6 Å². The molecule has 0 spiro atoms. The van der Waals surface area contributed by atoms with Crippen LogP contribution >= 0.6 is 0 Å². The Morgan fingerprint density at radius 2 is 1.45 bits per heavy atom. The van der Waals surface area contributed by atoms with Gasteiger partial charge in [0.05, 0.1) is 0 Å². The van der Waals surface area contributed by atoms with Crippen LogP contribution < -0.4 is 0 Å². The average molecular weight is 268 g/mol. The van der Waals surface area contributed by atoms with Crippen LogP contribution in [0.3, 0.4) is 0 Å². The summed E-state index contributed by atoms with van der Waals surface area (Å²) in [6.07, 6.45) is 2.79. The standard InChI is InChI=1S/C18H17FO/c19-17(13-7-12-15-8-3-1-4-9-15)18(20)14-16-10-5-2-6-11-16/h1-6,8-11,13H,7,12,14H2/b17-13+. The van der Waals surface area contributed by atoms with E-state index in [0.717, 1.165) is 17.5 Å². The smallest absolute Gasteiger partial charge is 0.195 e. The predicted octanol–water partition coefficient (Wildman–Crippen LogP) is 4.28. The Morgan fingerprint density at radius 1 is 0.900 bits per heavy atom. The van der Waals surface area contributed by atoms with Crippen LogP contribution in [0.25, 0.3) is 0 Å². The van der Waals surface area contributed by atoms with Gasteiger partial charge in [-0.2, -0.15) is 0 Å². The Hall–Kier alpha value is -2.22. The summed E-state index contributed by atoms with van der Waals surface area (Å²) >= 11 is 0. The highest BCUT2D eigenvalue weighted by molar-refractivity contribution is 5.94. The summed E-state index contributed by atoms with van der Waals surface area (Å²) in [5, 5.41) is 0. The number of hydrogen-bond donors (Lipinski definition) is 0. The van der Waals surface area contributed by atoms with E-state index >= 15 is 0 Å². The molecule has 0 heterocycles. The molecular formula is C18H17FO. The molecule has 2 heteroatoms. The lowest BCUT2D eigenvalue weighted by Crippen LogP contribution is -2.03. The molecule has 0 saturated heterocycles. The summed E-state index contributed by atoms with van der Waals surface area (Å²) in [6, 6.07) is 19.1. The van der Waals surface area contributed by atoms with Crippen molar-refractivity contribution in [2.24, 2.45) is 0 Å². The lowest BCUT2D eigenvalue weighted by Gasteiger charge is -2.00. The second kappa shape index (κ2) is 7.39. The van der Waals surface area contributed by atoms with Crippen LogP contribution in [-0.4, -0.2) is 5.78 Å². The number of carbonyl (C=O) groups is 1. The average Bonchev–Trinajstić information content (AvgIpc) is 2.49. The number of halogens is 1. The highest BCUT2D eigenvalue weighted by atomic mass is 19.1. The fourth-order valence-corrected chi connectivity index (χ4v) is 1.99. The van der Waals surface area contributed by atoms with Crippen molar-refractivity contribution >= 4 is 5.78 Å². The number of carbonyl (C=O) groups excluding carboxylic acids is 1. The van der Waals surface area contributed by atoms with Gasteiger partial charge in [0.1, 0.15) is 0 Å². The zero-order chi connectivity index (χ0) is 14.2. The van der Waals surface area contributed by atoms with Gasteiger partial charge in [0.15, 0.2) is 11.6 Å². The van der Waals surface area contributed by atoms with Gasteiger partial charge >= 0.3 is 0 Å². The number of benzene rings is 2. The van der Waals surface area contributed by atoms with Crippen molar-refractivity contribution in [1.29, 1.82) is 0 Å². The van der Waals surface area contributed by atoms with Gasteiger partial charge in [0.25, 0.3) is 0 Å². The molecule has 0 aliphatic heterocycles. The van der Waals surface area contributed by atoms with Crippen molar-refractivity contribution < 1.29 is 9.18 Å². The molecule has 0 saturated carbocycles. The van der Waals surface area contributed by atoms with E-state index in [4.69, 9.17) is 0 Å². The maximum absolute atomic E-state index is 13.7. The SMILES string of the molecule is O=C(Cc1ccccc1)/C(F)=C\CCc1ccccc1. The van der Waals surface area contributed by atoms with Crippen molar-refractivity contribution in [1.82, 2.24) is 0 Å². The zero-order valence-electron chi connectivity index (χ0n) is 11.3. The van der Waals surface area contributed by atoms with Crippen LogP contribution in [0.5, 0.6) is 0 Å². The first-order valence-corrected chi connectivity index (χ1v) is 6.72. The Kier molecular flexibility index (Phi) is 5.24. The quantitative estimate of drug-likeness (QED) is 0.714. The summed E-state index contributed by atoms with van der Waals surface area (Å²) in [5.74, 6) is -1.09. The van der Waals surface area contributed by atoms with E-state index in [1.807, 2.05) is 60.7 Å². The fourth-order valence-electron chi connectivity index (χ4n) is 1.99. The fraction of sp³-hybridized carbons (Fsp3) is 0.167. The van der Waals surface area contributed by atoms with Crippen molar-refractivity contribution in [3.8, 4) is 0 Å². The molecule has 0 unspecified atom stereocenters. The topological polar surface area (TPSA) is 17.1 Å². The molecule has 2 rings (SSSR count). The van der Waals surface area contributed by atoms with Gasteiger partial charge in [0, 0.05) is 6.42 Å². The molecular weight excluding hydrogens is 251 g/mol. The lowest BCUT2D eigenvalue weighted by atomic mass is 10.1. The van der Waals surface area contributed by atoms with E-state index in [1.165, 1.54) is 6.08 Å². The molecule has 0 fully saturated rings. The first kappa shape index (κ1) is 14.2. The third kappa shape index (κ3) is 4.47. The molecule has 2 aromatic rings. The Morgan fingerprint density at radius 3 is 2.05 bits per heavy atom. The molecule has 1 nitrogen and oxygen atoms in total. The number of Topliss-reactive ketones (excluding diaryl/α,β-unsaturated/α-hetero) is 1. The van der Waals surface area contributed by atoms with Gasteiger partial charge < -0.3 is 0 Å². The van der Waals surface area contributed by atoms with Crippen LogP contribution in [0.4, 0.5) is 4.39 Å². The third-order valence-electron chi connectivity index (χ3n) is 3.07. The number of rotatable bonds is 6. The Balaban J connectivity index is 1.85. The molecule has 102 valence electrons. The Bertz CT molecular complexity index is 573. The second-order valence-corrected chi connectivity index (χ2v) is 4.66. The summed E-state index contributed by atoms with van der Waals surface area (Å²) in [7, 11) is 0. The normalized spacial score (nSPS) is 11.3. The van der Waals surface area contributed by atoms with Gasteiger partial charge in [-0.25, -0.2) is 4.39 Å². The monoisotopic (exact) mass is 268 g/mol. The number of allylic oxidation sites excluding steroid dienone is 2. The van der Waals surface area contributed by atoms with E-state index in [2.05, 4.69) is 0 Å². The summed E-state index contributed by atoms with van der Waals surface area (Å²) in [4.78, 5) is 11.7. The van der Waals surface area contributed by atoms with Crippen molar-refractivity contribution in [3.63, 3.8) is 0 Å². The van der Waals surface area contributed by atoms with Gasteiger partial charge in [-0.1, -0.05) is 60.7 Å². The summed E-state index contributed by atoms with van der Waals surface area (Å²) in [5.41, 5.74) is 1.98. The molecule has 2 aromatic carbocycles. The highest BCUT2D eigenvalue weighted by Crippen LogP contribution is 2.10. The molecule has 0 atom stereocenters. The highest BCUT2D eigenvalue weighted by Gasteiger charge is 2.09. The van der Waals surface area contributed by atoms with E-state index < -0.39 is 11.6 Å². The lowest BCUT2D eigenvalue weighted by molar-refractivity contribution is -0.116. The molecule has 0 bridgehead atoms. The van der Waals surface area contributed by atoms with Crippen LogP contribution in [0, 0.1) is 0 Å². The second-order valence-electron chi connectivity index (χ2n) is 4.66. The molecule has 0 N–H and O–H groups in total. The van der Waals surface area contributed by atoms with Gasteiger partial charge in [-0.3, -0.25) is 4.79 Å². The van der Waals surface area contributed by atoms with Crippen molar-refractivity contribution in [2.75, 3.05) is 0 Å². The zero-order valence-corrected chi connectivity index (χ0v) is 11.3. The first-order valence-electron chi connectivity index (χ1n) is 6.72. The van der Waals surface area contributed by atoms with Crippen molar-refractivity contribution in [2.45, 2.75) is 19.3 Å². The maximum Gasteiger partial charge on any atom is 0.195 e. The van der Waals surface area contributed by atoms with Crippen LogP contribution in [0.2, 0.25) is 0 Å². The minimum Gasteiger partial charge on any atom is -0.291 e. The van der Waals surface area contributed by atoms with Gasteiger partial charge in [-0.05, 0) is 30.0 Å². The van der Waals surface area contributed by atoms with E-state index in [-0.39, 0.29) is 6.42 Å². The molecule has 0 aliphatic rings. The summed E-state index contributed by atoms with van der Waals surface area (Å²) < 4.78 is 13.7. The van der Waals surface area contributed by atoms with Crippen LogP contribution in [-0.2, 0) is 17.6 Å². The van der Waals surface area contributed by atoms with E-state index in [1.54, 1.807) is 0 Å². The minimum atomic E-state index is -0.634. The predicted molar refractivity (Wildman–Crippen MR) is 79.1 cm³/mol. The molecule has 0 aliphatic carbocycles. The molecule has 20 heavy (non-hydrogen) atoms. The van der Waals surface area contributed by atoms with Crippen molar-refractivity contribution in [3.05, 3.63) is 83.7 Å². The van der Waals surface area contributed by atoms with E-state index in [9.17, 15) is 9.18 Å². The Labute approximate surface area is 118 Å². The summed E-state index contributed by atoms with van der Waals surface area (Å²) in [6.45, 7) is 0. The molecule has 0 amide bonds. The van der Waals surface area contributed by atoms with Gasteiger partial charge in [0.2, 0.25) is 0 Å². The van der Waals surface area contributed by atoms with E-state index in [0.29, 0.717) is 6.42 Å². The molecule has 0 aromatic heterocycles. The number of ketones is 1. The maximum atomic E-state index is 13.7. The van der Waals surface area contributed by atoms with Gasteiger partial charge in [-0.15, -0.1) is 0 Å². The largest absolute Gasteiger partial charge is 0.291 e. The number of aryl methyl sites for hydroxylation is 1. The first-order chi connectivity index (χ1) is 9.75. The third-order valence-corrected chi connectivity index (χ3v) is 3.07. The minimum absolute atomic E-state index is 0.120. The molecule has 0 radical (unpaired) electrons. The number of hydrogen-bond acceptors (Lipinski definition) is 1. The van der Waals surface area contributed by atoms with Crippen LogP contribution in [0.1, 0.15) is 17.5 Å².